The summed E-state index contributed by atoms with van der Waals surface area (Å²) < 4.78 is 1.99. The number of hydrogen-bond donors (Lipinski definition) is 2. The lowest BCUT2D eigenvalue weighted by molar-refractivity contribution is -0.121. The van der Waals surface area contributed by atoms with Crippen molar-refractivity contribution in [2.75, 3.05) is 11.9 Å². The van der Waals surface area contributed by atoms with E-state index in [0.717, 1.165) is 23.9 Å². The Kier molecular flexibility index (Phi) is 5.00. The Morgan fingerprint density at radius 2 is 2.17 bits per heavy atom. The minimum absolute atomic E-state index is 0.0525. The van der Waals surface area contributed by atoms with Gasteiger partial charge in [-0.05, 0) is 25.5 Å². The maximum Gasteiger partial charge on any atom is 0.242 e. The molecular formula is C17H20N6O. The molecule has 0 aliphatic rings. The van der Waals surface area contributed by atoms with E-state index in [1.807, 2.05) is 42.0 Å². The number of rotatable bonds is 7. The third-order valence-electron chi connectivity index (χ3n) is 3.74. The van der Waals surface area contributed by atoms with Crippen LogP contribution in [0.1, 0.15) is 13.3 Å². The van der Waals surface area contributed by atoms with Crippen LogP contribution in [-0.4, -0.2) is 38.0 Å². The second-order valence-electron chi connectivity index (χ2n) is 5.55. The SMILES string of the molecule is CC(Nc1ncnc2ccccc12)C(=O)NCCCn1ccnc1. The van der Waals surface area contributed by atoms with Crippen molar-refractivity contribution >= 4 is 22.6 Å². The molecule has 1 amide bonds. The van der Waals surface area contributed by atoms with Gasteiger partial charge in [-0.25, -0.2) is 15.0 Å². The third kappa shape index (κ3) is 3.87. The molecule has 1 unspecified atom stereocenters. The molecule has 2 aromatic heterocycles. The first kappa shape index (κ1) is 15.9. The van der Waals surface area contributed by atoms with Crippen LogP contribution in [0.3, 0.4) is 0 Å². The number of carbonyl (C=O) groups excluding carboxylic acids is 1. The molecule has 7 nitrogen and oxygen atoms in total. The second kappa shape index (κ2) is 7.54. The van der Waals surface area contributed by atoms with Crippen molar-refractivity contribution in [2.45, 2.75) is 25.9 Å². The first-order valence-electron chi connectivity index (χ1n) is 7.94. The molecule has 24 heavy (non-hydrogen) atoms. The molecule has 0 aliphatic carbocycles. The van der Waals surface area contributed by atoms with Gasteiger partial charge >= 0.3 is 0 Å². The van der Waals surface area contributed by atoms with Crippen molar-refractivity contribution in [3.8, 4) is 0 Å². The molecule has 7 heteroatoms. The highest BCUT2D eigenvalue weighted by Crippen LogP contribution is 2.18. The minimum atomic E-state index is -0.378. The molecule has 0 aliphatic heterocycles. The van der Waals surface area contributed by atoms with Gasteiger partial charge in [-0.15, -0.1) is 0 Å². The second-order valence-corrected chi connectivity index (χ2v) is 5.55. The van der Waals surface area contributed by atoms with Crippen molar-refractivity contribution in [1.29, 1.82) is 0 Å². The van der Waals surface area contributed by atoms with Crippen LogP contribution in [0.5, 0.6) is 0 Å². The normalized spacial score (nSPS) is 12.0. The number of para-hydroxylation sites is 1. The fourth-order valence-corrected chi connectivity index (χ4v) is 2.44. The molecule has 0 saturated carbocycles. The lowest BCUT2D eigenvalue weighted by Gasteiger charge is -2.15. The summed E-state index contributed by atoms with van der Waals surface area (Å²) in [4.78, 5) is 24.7. The van der Waals surface area contributed by atoms with E-state index in [4.69, 9.17) is 0 Å². The molecule has 3 rings (SSSR count). The van der Waals surface area contributed by atoms with Crippen LogP contribution in [0.4, 0.5) is 5.82 Å². The van der Waals surface area contributed by atoms with E-state index in [-0.39, 0.29) is 11.9 Å². The number of nitrogens with zero attached hydrogens (tertiary/aromatic N) is 4. The van der Waals surface area contributed by atoms with Gasteiger partial charge < -0.3 is 15.2 Å². The largest absolute Gasteiger partial charge is 0.358 e. The molecule has 124 valence electrons. The van der Waals surface area contributed by atoms with E-state index in [0.29, 0.717) is 12.4 Å². The number of benzene rings is 1. The van der Waals surface area contributed by atoms with Gasteiger partial charge in [-0.1, -0.05) is 12.1 Å². The number of amides is 1. The summed E-state index contributed by atoms with van der Waals surface area (Å²) in [6.07, 6.45) is 7.78. The Hall–Kier alpha value is -2.96. The first-order valence-corrected chi connectivity index (χ1v) is 7.94. The van der Waals surface area contributed by atoms with E-state index in [2.05, 4.69) is 25.6 Å². The number of carbonyl (C=O) groups is 1. The molecule has 2 N–H and O–H groups in total. The van der Waals surface area contributed by atoms with Crippen molar-refractivity contribution < 1.29 is 4.79 Å². The predicted molar refractivity (Wildman–Crippen MR) is 92.5 cm³/mol. The standard InChI is InChI=1S/C17H20N6O/c1-13(17(24)19-7-4-9-23-10-8-18-12-23)22-16-14-5-2-3-6-15(14)20-11-21-16/h2-3,5-6,8,10-13H,4,7,9H2,1H3,(H,19,24)(H,20,21,22). The van der Waals surface area contributed by atoms with Crippen molar-refractivity contribution in [3.05, 3.63) is 49.3 Å². The van der Waals surface area contributed by atoms with Crippen LogP contribution >= 0.6 is 0 Å². The fraction of sp³-hybridized carbons (Fsp3) is 0.294. The number of hydrogen-bond acceptors (Lipinski definition) is 5. The van der Waals surface area contributed by atoms with Gasteiger partial charge in [0, 0.05) is 30.9 Å². The summed E-state index contributed by atoms with van der Waals surface area (Å²) in [6, 6.07) is 7.33. The van der Waals surface area contributed by atoms with E-state index < -0.39 is 0 Å². The first-order chi connectivity index (χ1) is 11.7. The molecule has 0 spiro atoms. The lowest BCUT2D eigenvalue weighted by Crippen LogP contribution is -2.38. The van der Waals surface area contributed by atoms with Gasteiger partial charge in [0.1, 0.15) is 18.2 Å². The quantitative estimate of drug-likeness (QED) is 0.648. The van der Waals surface area contributed by atoms with Crippen LogP contribution < -0.4 is 10.6 Å². The van der Waals surface area contributed by atoms with Crippen LogP contribution in [0.25, 0.3) is 10.9 Å². The van der Waals surface area contributed by atoms with E-state index in [1.54, 1.807) is 12.5 Å². The minimum Gasteiger partial charge on any atom is -0.358 e. The van der Waals surface area contributed by atoms with Gasteiger partial charge in [-0.2, -0.15) is 0 Å². The number of fused-ring (bicyclic) bond motifs is 1. The Bertz CT molecular complexity index is 796. The van der Waals surface area contributed by atoms with Gasteiger partial charge in [0.15, 0.2) is 0 Å². The van der Waals surface area contributed by atoms with E-state index >= 15 is 0 Å². The highest BCUT2D eigenvalue weighted by atomic mass is 16.2. The van der Waals surface area contributed by atoms with Crippen LogP contribution in [0, 0.1) is 0 Å². The van der Waals surface area contributed by atoms with Crippen molar-refractivity contribution in [1.82, 2.24) is 24.8 Å². The van der Waals surface area contributed by atoms with E-state index in [9.17, 15) is 4.79 Å². The molecule has 1 atom stereocenters. The Morgan fingerprint density at radius 3 is 3.00 bits per heavy atom. The van der Waals surface area contributed by atoms with Crippen LogP contribution in [0.2, 0.25) is 0 Å². The molecular weight excluding hydrogens is 304 g/mol. The molecule has 1 aromatic carbocycles. The highest BCUT2D eigenvalue weighted by Gasteiger charge is 2.14. The molecule has 0 fully saturated rings. The zero-order chi connectivity index (χ0) is 16.8. The van der Waals surface area contributed by atoms with Crippen LogP contribution in [0.15, 0.2) is 49.3 Å². The molecule has 0 bridgehead atoms. The lowest BCUT2D eigenvalue weighted by atomic mass is 10.2. The Balaban J connectivity index is 1.52. The number of anilines is 1. The zero-order valence-electron chi connectivity index (χ0n) is 13.5. The Morgan fingerprint density at radius 1 is 1.29 bits per heavy atom. The third-order valence-corrected chi connectivity index (χ3v) is 3.74. The predicted octanol–water partition coefficient (Wildman–Crippen LogP) is 1.83. The summed E-state index contributed by atoms with van der Waals surface area (Å²) in [5, 5.41) is 7.00. The number of aryl methyl sites for hydroxylation is 1. The van der Waals surface area contributed by atoms with Gasteiger partial charge in [-0.3, -0.25) is 4.79 Å². The summed E-state index contributed by atoms with van der Waals surface area (Å²) >= 11 is 0. The topological polar surface area (TPSA) is 84.7 Å². The molecule has 0 radical (unpaired) electrons. The summed E-state index contributed by atoms with van der Waals surface area (Å²) in [6.45, 7) is 3.27. The van der Waals surface area contributed by atoms with Gasteiger partial charge in [0.05, 0.1) is 11.8 Å². The van der Waals surface area contributed by atoms with E-state index in [1.165, 1.54) is 6.33 Å². The summed E-state index contributed by atoms with van der Waals surface area (Å²) in [5.41, 5.74) is 0.850. The molecule has 2 heterocycles. The van der Waals surface area contributed by atoms with Crippen molar-refractivity contribution in [3.63, 3.8) is 0 Å². The number of nitrogens with one attached hydrogen (secondary N) is 2. The number of imidazole rings is 1. The molecule has 3 aromatic rings. The molecule has 0 saturated heterocycles. The maximum atomic E-state index is 12.2. The summed E-state index contributed by atoms with van der Waals surface area (Å²) in [7, 11) is 0. The van der Waals surface area contributed by atoms with Gasteiger partial charge in [0.25, 0.3) is 0 Å². The zero-order valence-corrected chi connectivity index (χ0v) is 13.5. The highest BCUT2D eigenvalue weighted by molar-refractivity contribution is 5.91. The summed E-state index contributed by atoms with van der Waals surface area (Å²) in [5.74, 6) is 0.616. The fourth-order valence-electron chi connectivity index (χ4n) is 2.44. The monoisotopic (exact) mass is 324 g/mol. The average Bonchev–Trinajstić information content (AvgIpc) is 3.12. The van der Waals surface area contributed by atoms with Gasteiger partial charge in [0.2, 0.25) is 5.91 Å². The van der Waals surface area contributed by atoms with Crippen LogP contribution in [-0.2, 0) is 11.3 Å². The van der Waals surface area contributed by atoms with Crippen molar-refractivity contribution in [2.24, 2.45) is 0 Å². The number of aromatic nitrogens is 4. The smallest absolute Gasteiger partial charge is 0.242 e. The average molecular weight is 324 g/mol. The Labute approximate surface area is 140 Å². The maximum absolute atomic E-state index is 12.2.